The van der Waals surface area contributed by atoms with Crippen LogP contribution in [0.3, 0.4) is 0 Å². The Morgan fingerprint density at radius 3 is 2.42 bits per heavy atom. The van der Waals surface area contributed by atoms with E-state index in [0.717, 1.165) is 18.1 Å². The predicted octanol–water partition coefficient (Wildman–Crippen LogP) is 3.34. The molecule has 0 N–H and O–H groups in total. The summed E-state index contributed by atoms with van der Waals surface area (Å²) >= 11 is 0. The van der Waals surface area contributed by atoms with E-state index >= 15 is 0 Å². The highest BCUT2D eigenvalue weighted by atomic mass is 19.1. The third kappa shape index (κ3) is 4.14. The Balaban J connectivity index is 1.25. The molecule has 0 radical (unpaired) electrons. The lowest BCUT2D eigenvalue weighted by atomic mass is 9.77. The summed E-state index contributed by atoms with van der Waals surface area (Å²) in [5.74, 6) is -2.83. The second-order valence-electron chi connectivity index (χ2n) is 10.4. The number of rotatable bonds is 3. The van der Waals surface area contributed by atoms with E-state index < -0.39 is 29.0 Å². The molecule has 2 aromatic rings. The molecule has 9 heteroatoms. The number of benzene rings is 1. The first-order chi connectivity index (χ1) is 17.2. The molecule has 1 aromatic heterocycles. The number of aryl methyl sites for hydroxylation is 1. The van der Waals surface area contributed by atoms with Crippen molar-refractivity contribution in [2.75, 3.05) is 33.2 Å². The number of hydrogen-bond acceptors (Lipinski definition) is 4. The van der Waals surface area contributed by atoms with Gasteiger partial charge in [-0.2, -0.15) is 0 Å². The van der Waals surface area contributed by atoms with Crippen molar-refractivity contribution in [3.8, 4) is 0 Å². The largest absolute Gasteiger partial charge is 0.342 e. The number of carbonyl (C=O) groups is 3. The molecule has 5 rings (SSSR count). The van der Waals surface area contributed by atoms with Gasteiger partial charge in [0.05, 0.1) is 12.0 Å². The first-order valence-corrected chi connectivity index (χ1v) is 12.4. The van der Waals surface area contributed by atoms with Crippen molar-refractivity contribution in [2.45, 2.75) is 38.6 Å². The highest BCUT2D eigenvalue weighted by molar-refractivity contribution is 5.95. The molecular formula is C27H30F2N4O3. The molecule has 190 valence electrons. The van der Waals surface area contributed by atoms with E-state index in [2.05, 4.69) is 4.98 Å². The highest BCUT2D eigenvalue weighted by Gasteiger charge is 2.48. The molecule has 3 aliphatic heterocycles. The average molecular weight is 497 g/mol. The molecule has 3 fully saturated rings. The van der Waals surface area contributed by atoms with Gasteiger partial charge in [-0.25, -0.2) is 8.78 Å². The number of nitrogens with zero attached hydrogens (tertiary/aromatic N) is 4. The summed E-state index contributed by atoms with van der Waals surface area (Å²) in [5.41, 5.74) is 0.457. The Labute approximate surface area is 209 Å². The fourth-order valence-electron chi connectivity index (χ4n) is 6.06. The number of carbonyl (C=O) groups excluding carboxylic acids is 3. The predicted molar refractivity (Wildman–Crippen MR) is 128 cm³/mol. The van der Waals surface area contributed by atoms with Crippen LogP contribution in [0.15, 0.2) is 36.7 Å². The van der Waals surface area contributed by atoms with E-state index in [1.165, 1.54) is 17.9 Å². The van der Waals surface area contributed by atoms with Gasteiger partial charge in [0.1, 0.15) is 17.2 Å². The van der Waals surface area contributed by atoms with Crippen LogP contribution in [-0.2, 0) is 9.59 Å². The first kappa shape index (κ1) is 24.3. The molecule has 0 aliphatic carbocycles. The summed E-state index contributed by atoms with van der Waals surface area (Å²) in [5, 5.41) is 0. The van der Waals surface area contributed by atoms with Crippen LogP contribution in [-0.4, -0.2) is 70.6 Å². The molecule has 2 atom stereocenters. The number of pyridine rings is 1. The van der Waals surface area contributed by atoms with E-state index in [9.17, 15) is 23.2 Å². The topological polar surface area (TPSA) is 73.8 Å². The maximum absolute atomic E-state index is 14.5. The van der Waals surface area contributed by atoms with Gasteiger partial charge >= 0.3 is 0 Å². The van der Waals surface area contributed by atoms with E-state index in [1.54, 1.807) is 24.3 Å². The zero-order chi connectivity index (χ0) is 25.6. The monoisotopic (exact) mass is 496 g/mol. The van der Waals surface area contributed by atoms with Crippen LogP contribution in [0.25, 0.3) is 0 Å². The number of piperidine rings is 1. The van der Waals surface area contributed by atoms with Gasteiger partial charge in [0.2, 0.25) is 11.8 Å². The van der Waals surface area contributed by atoms with E-state index in [4.69, 9.17) is 0 Å². The molecule has 7 nitrogen and oxygen atoms in total. The lowest BCUT2D eigenvalue weighted by Gasteiger charge is -2.39. The van der Waals surface area contributed by atoms with Gasteiger partial charge in [0, 0.05) is 52.0 Å². The van der Waals surface area contributed by atoms with Crippen LogP contribution in [0.4, 0.5) is 8.78 Å². The molecule has 1 aromatic carbocycles. The Hall–Kier alpha value is -3.36. The van der Waals surface area contributed by atoms with Crippen molar-refractivity contribution in [3.05, 3.63) is 65.0 Å². The Morgan fingerprint density at radius 2 is 1.75 bits per heavy atom. The fraction of sp³-hybridized carbons (Fsp3) is 0.481. The molecule has 4 heterocycles. The number of likely N-dealkylation sites (tertiary alicyclic amines) is 3. The van der Waals surface area contributed by atoms with E-state index in [0.29, 0.717) is 39.0 Å². The van der Waals surface area contributed by atoms with Gasteiger partial charge in [-0.3, -0.25) is 19.4 Å². The number of amides is 3. The van der Waals surface area contributed by atoms with Crippen molar-refractivity contribution in [1.82, 2.24) is 19.7 Å². The third-order valence-electron chi connectivity index (χ3n) is 8.29. The Kier molecular flexibility index (Phi) is 6.26. The molecule has 36 heavy (non-hydrogen) atoms. The number of halogens is 2. The molecule has 2 unspecified atom stereocenters. The molecule has 0 bridgehead atoms. The molecule has 1 spiro atoms. The van der Waals surface area contributed by atoms with Gasteiger partial charge in [0.25, 0.3) is 5.91 Å². The molecular weight excluding hydrogens is 466 g/mol. The lowest BCUT2D eigenvalue weighted by Crippen LogP contribution is -2.45. The maximum atomic E-state index is 14.5. The maximum Gasteiger partial charge on any atom is 0.259 e. The summed E-state index contributed by atoms with van der Waals surface area (Å²) in [4.78, 5) is 48.2. The number of aromatic nitrogens is 1. The van der Waals surface area contributed by atoms with Gasteiger partial charge in [-0.15, -0.1) is 0 Å². The van der Waals surface area contributed by atoms with Crippen molar-refractivity contribution in [3.63, 3.8) is 0 Å². The van der Waals surface area contributed by atoms with Crippen LogP contribution in [0.2, 0.25) is 0 Å². The summed E-state index contributed by atoms with van der Waals surface area (Å²) in [7, 11) is 1.73. The van der Waals surface area contributed by atoms with Crippen LogP contribution in [0.1, 0.15) is 53.2 Å². The standard InChI is InChI=1S/C27H30F2N4O3/c1-17-5-6-20(28)22(23(17)29)26(36)32-11-7-27(8-12-32)9-13-33(16-27)25(35)19-14-21(34)31(2)24(19)18-4-3-10-30-15-18/h3-6,10,15,19,24H,7-9,11-14,16H2,1-2H3. The van der Waals surface area contributed by atoms with Crippen LogP contribution >= 0.6 is 0 Å². The third-order valence-corrected chi connectivity index (χ3v) is 8.29. The normalized spacial score (nSPS) is 23.6. The SMILES string of the molecule is Cc1ccc(F)c(C(=O)N2CCC3(CC2)CCN(C(=O)C2CC(=O)N(C)C2c2cccnc2)C3)c1F. The minimum atomic E-state index is -0.847. The van der Waals surface area contributed by atoms with Crippen molar-refractivity contribution in [1.29, 1.82) is 0 Å². The zero-order valence-electron chi connectivity index (χ0n) is 20.5. The minimum Gasteiger partial charge on any atom is -0.342 e. The quantitative estimate of drug-likeness (QED) is 0.654. The molecule has 3 amide bonds. The smallest absolute Gasteiger partial charge is 0.259 e. The van der Waals surface area contributed by atoms with Crippen molar-refractivity contribution in [2.24, 2.45) is 11.3 Å². The highest BCUT2D eigenvalue weighted by Crippen LogP contribution is 2.44. The van der Waals surface area contributed by atoms with Gasteiger partial charge in [-0.1, -0.05) is 12.1 Å². The summed E-state index contributed by atoms with van der Waals surface area (Å²) in [6.45, 7) is 3.44. The minimum absolute atomic E-state index is 0.0270. The number of hydrogen-bond donors (Lipinski definition) is 0. The average Bonchev–Trinajstić information content (AvgIpc) is 3.43. The van der Waals surface area contributed by atoms with E-state index in [1.807, 2.05) is 17.0 Å². The Bertz CT molecular complexity index is 1200. The molecule has 0 saturated carbocycles. The fourth-order valence-corrected chi connectivity index (χ4v) is 6.06. The Morgan fingerprint density at radius 1 is 1.06 bits per heavy atom. The second-order valence-corrected chi connectivity index (χ2v) is 10.4. The van der Waals surface area contributed by atoms with Crippen molar-refractivity contribution < 1.29 is 23.2 Å². The molecule has 3 aliphatic rings. The van der Waals surface area contributed by atoms with Crippen LogP contribution in [0.5, 0.6) is 0 Å². The van der Waals surface area contributed by atoms with Crippen LogP contribution in [0, 0.1) is 29.9 Å². The zero-order valence-corrected chi connectivity index (χ0v) is 20.5. The second kappa shape index (κ2) is 9.26. The van der Waals surface area contributed by atoms with Crippen LogP contribution < -0.4 is 0 Å². The first-order valence-electron chi connectivity index (χ1n) is 12.4. The molecule has 3 saturated heterocycles. The van der Waals surface area contributed by atoms with Gasteiger partial charge in [-0.05, 0) is 54.9 Å². The summed E-state index contributed by atoms with van der Waals surface area (Å²) in [6.07, 6.45) is 5.68. The van der Waals surface area contributed by atoms with Gasteiger partial charge < -0.3 is 14.7 Å². The van der Waals surface area contributed by atoms with Gasteiger partial charge in [0.15, 0.2) is 0 Å². The van der Waals surface area contributed by atoms with Crippen molar-refractivity contribution >= 4 is 17.7 Å². The lowest BCUT2D eigenvalue weighted by molar-refractivity contribution is -0.136. The summed E-state index contributed by atoms with van der Waals surface area (Å²) in [6, 6.07) is 5.81. The van der Waals surface area contributed by atoms with E-state index in [-0.39, 0.29) is 35.3 Å². The summed E-state index contributed by atoms with van der Waals surface area (Å²) < 4.78 is 28.8.